The van der Waals surface area contributed by atoms with E-state index in [2.05, 4.69) is 36.4 Å². The number of carboxylic acids is 1. The Morgan fingerprint density at radius 2 is 1.88 bits per heavy atom. The summed E-state index contributed by atoms with van der Waals surface area (Å²) in [6.45, 7) is 4.14. The molecule has 3 unspecified atom stereocenters. The maximum atomic E-state index is 10.5. The number of unbranched alkanes of at least 4 members (excludes halogenated alkanes) is 1. The molecule has 1 aliphatic carbocycles. The lowest BCUT2D eigenvalue weighted by Gasteiger charge is -2.25. The van der Waals surface area contributed by atoms with Crippen LogP contribution in [0.3, 0.4) is 0 Å². The summed E-state index contributed by atoms with van der Waals surface area (Å²) in [6, 6.07) is 8.32. The zero-order valence-electron chi connectivity index (χ0n) is 15.9. The Morgan fingerprint density at radius 3 is 2.50 bits per heavy atom. The van der Waals surface area contributed by atoms with Gasteiger partial charge in [0, 0.05) is 17.8 Å². The molecule has 0 spiro atoms. The average molecular weight is 360 g/mol. The lowest BCUT2D eigenvalue weighted by Crippen LogP contribution is -2.22. The highest BCUT2D eigenvalue weighted by atomic mass is 16.4. The van der Waals surface area contributed by atoms with E-state index in [1.54, 1.807) is 0 Å². The fourth-order valence-corrected chi connectivity index (χ4v) is 3.82. The van der Waals surface area contributed by atoms with E-state index in [-0.39, 0.29) is 30.5 Å². The van der Waals surface area contributed by atoms with Gasteiger partial charge in [-0.05, 0) is 49.1 Å². The number of aliphatic hydroxyl groups is 2. The molecule has 0 radical (unpaired) electrons. The van der Waals surface area contributed by atoms with E-state index >= 15 is 0 Å². The van der Waals surface area contributed by atoms with Gasteiger partial charge in [-0.1, -0.05) is 50.3 Å². The second-order valence-electron chi connectivity index (χ2n) is 8.09. The molecule has 1 aliphatic rings. The summed E-state index contributed by atoms with van der Waals surface area (Å²) in [6.07, 6.45) is 8.32. The smallest absolute Gasteiger partial charge is 0.303 e. The zero-order chi connectivity index (χ0) is 19.2. The molecule has 4 nitrogen and oxygen atoms in total. The van der Waals surface area contributed by atoms with E-state index in [1.807, 2.05) is 13.8 Å². The number of aliphatic hydroxyl groups excluding tert-OH is 2. The molecule has 3 N–H and O–H groups in total. The Bertz CT molecular complexity index is 603. The molecule has 26 heavy (non-hydrogen) atoms. The van der Waals surface area contributed by atoms with Crippen LogP contribution in [0.25, 0.3) is 0 Å². The second kappa shape index (κ2) is 9.33. The van der Waals surface area contributed by atoms with Gasteiger partial charge in [0.2, 0.25) is 0 Å². The summed E-state index contributed by atoms with van der Waals surface area (Å²) in [5.41, 5.74) is 2.01. The van der Waals surface area contributed by atoms with Gasteiger partial charge in [-0.25, -0.2) is 0 Å². The van der Waals surface area contributed by atoms with Crippen molar-refractivity contribution in [3.63, 3.8) is 0 Å². The third kappa shape index (κ3) is 5.42. The first kappa shape index (κ1) is 20.7. The van der Waals surface area contributed by atoms with Crippen LogP contribution in [0, 0.1) is 5.92 Å². The van der Waals surface area contributed by atoms with Crippen molar-refractivity contribution in [1.82, 2.24) is 0 Å². The largest absolute Gasteiger partial charge is 0.481 e. The molecule has 0 amide bonds. The number of hydrogen-bond acceptors (Lipinski definition) is 3. The first-order chi connectivity index (χ1) is 12.3. The Kier molecular flexibility index (Phi) is 7.42. The van der Waals surface area contributed by atoms with Gasteiger partial charge in [0.25, 0.3) is 0 Å². The number of rotatable bonds is 9. The molecule has 1 fully saturated rings. The molecule has 0 aromatic heterocycles. The van der Waals surface area contributed by atoms with E-state index in [9.17, 15) is 15.0 Å². The summed E-state index contributed by atoms with van der Waals surface area (Å²) in [5, 5.41) is 28.6. The van der Waals surface area contributed by atoms with Crippen LogP contribution in [-0.2, 0) is 10.2 Å². The van der Waals surface area contributed by atoms with Gasteiger partial charge in [-0.3, -0.25) is 4.79 Å². The standard InChI is InChI=1S/C22H32O4/c1-22(2,15-23)18-12-9-17(10-13-18)21-16(11-14-19(21)24)7-5-3-4-6-8-20(25)26/h3,5,9-10,12-13,16,19,21,23-24H,4,6-8,11,14-15H2,1-2H3,(H,25,26)/b5-3+. The van der Waals surface area contributed by atoms with Crippen molar-refractivity contribution in [2.24, 2.45) is 5.92 Å². The van der Waals surface area contributed by atoms with Crippen LogP contribution >= 0.6 is 0 Å². The molecule has 0 aliphatic heterocycles. The van der Waals surface area contributed by atoms with Gasteiger partial charge >= 0.3 is 5.97 Å². The highest BCUT2D eigenvalue weighted by Gasteiger charge is 2.35. The number of benzene rings is 1. The van der Waals surface area contributed by atoms with Crippen molar-refractivity contribution in [2.75, 3.05) is 6.61 Å². The fourth-order valence-electron chi connectivity index (χ4n) is 3.82. The normalized spacial score (nSPS) is 23.6. The molecule has 0 heterocycles. The fraction of sp³-hybridized carbons (Fsp3) is 0.591. The molecule has 1 aromatic rings. The molecular weight excluding hydrogens is 328 g/mol. The van der Waals surface area contributed by atoms with Gasteiger partial charge in [0.1, 0.15) is 0 Å². The Morgan fingerprint density at radius 1 is 1.19 bits per heavy atom. The first-order valence-electron chi connectivity index (χ1n) is 9.61. The number of carbonyl (C=O) groups is 1. The topological polar surface area (TPSA) is 77.8 Å². The molecule has 1 aromatic carbocycles. The quantitative estimate of drug-likeness (QED) is 0.459. The molecule has 144 valence electrons. The van der Waals surface area contributed by atoms with Gasteiger partial charge in [-0.2, -0.15) is 0 Å². The van der Waals surface area contributed by atoms with Crippen molar-refractivity contribution in [3.05, 3.63) is 47.5 Å². The molecule has 0 saturated heterocycles. The molecule has 4 heteroatoms. The minimum atomic E-state index is -0.745. The monoisotopic (exact) mass is 360 g/mol. The summed E-state index contributed by atoms with van der Waals surface area (Å²) in [7, 11) is 0. The maximum absolute atomic E-state index is 10.5. The van der Waals surface area contributed by atoms with Gasteiger partial charge in [0.15, 0.2) is 0 Å². The summed E-state index contributed by atoms with van der Waals surface area (Å²) in [4.78, 5) is 10.5. The summed E-state index contributed by atoms with van der Waals surface area (Å²) in [5.74, 6) is -0.187. The third-order valence-corrected chi connectivity index (χ3v) is 5.59. The van der Waals surface area contributed by atoms with Crippen LogP contribution in [0.5, 0.6) is 0 Å². The Hall–Kier alpha value is -1.65. The predicted octanol–water partition coefficient (Wildman–Crippen LogP) is 4.01. The van der Waals surface area contributed by atoms with Gasteiger partial charge in [0.05, 0.1) is 12.7 Å². The third-order valence-electron chi connectivity index (χ3n) is 5.59. The highest BCUT2D eigenvalue weighted by Crippen LogP contribution is 2.42. The number of carboxylic acid groups (broad SMARTS) is 1. The van der Waals surface area contributed by atoms with Crippen LogP contribution in [0.1, 0.15) is 69.4 Å². The van der Waals surface area contributed by atoms with Crippen molar-refractivity contribution in [1.29, 1.82) is 0 Å². The zero-order valence-corrected chi connectivity index (χ0v) is 15.9. The molecular formula is C22H32O4. The van der Waals surface area contributed by atoms with E-state index in [1.165, 1.54) is 0 Å². The van der Waals surface area contributed by atoms with Gasteiger partial charge < -0.3 is 15.3 Å². The molecule has 0 bridgehead atoms. The van der Waals surface area contributed by atoms with Crippen molar-refractivity contribution < 1.29 is 20.1 Å². The van der Waals surface area contributed by atoms with E-state index in [4.69, 9.17) is 5.11 Å². The van der Waals surface area contributed by atoms with Gasteiger partial charge in [-0.15, -0.1) is 0 Å². The minimum Gasteiger partial charge on any atom is -0.481 e. The maximum Gasteiger partial charge on any atom is 0.303 e. The minimum absolute atomic E-state index is 0.105. The van der Waals surface area contributed by atoms with E-state index in [0.29, 0.717) is 12.3 Å². The van der Waals surface area contributed by atoms with Crippen LogP contribution in [0.2, 0.25) is 0 Å². The first-order valence-corrected chi connectivity index (χ1v) is 9.61. The molecule has 2 rings (SSSR count). The van der Waals surface area contributed by atoms with Crippen LogP contribution in [0.15, 0.2) is 36.4 Å². The average Bonchev–Trinajstić information content (AvgIpc) is 2.98. The van der Waals surface area contributed by atoms with Crippen molar-refractivity contribution >= 4 is 5.97 Å². The van der Waals surface area contributed by atoms with Crippen LogP contribution < -0.4 is 0 Å². The lowest BCUT2D eigenvalue weighted by atomic mass is 9.81. The second-order valence-corrected chi connectivity index (χ2v) is 8.09. The number of hydrogen-bond donors (Lipinski definition) is 3. The van der Waals surface area contributed by atoms with Crippen LogP contribution in [0.4, 0.5) is 0 Å². The Balaban J connectivity index is 1.97. The number of allylic oxidation sites excluding steroid dienone is 2. The number of aliphatic carboxylic acids is 1. The summed E-state index contributed by atoms with van der Waals surface area (Å²) < 4.78 is 0. The summed E-state index contributed by atoms with van der Waals surface area (Å²) >= 11 is 0. The van der Waals surface area contributed by atoms with Crippen molar-refractivity contribution in [2.45, 2.75) is 69.8 Å². The van der Waals surface area contributed by atoms with E-state index in [0.717, 1.165) is 36.8 Å². The highest BCUT2D eigenvalue weighted by molar-refractivity contribution is 5.66. The SMILES string of the molecule is CC(C)(CO)c1ccc(C2C(O)CCC2C/C=C/CCCC(=O)O)cc1. The van der Waals surface area contributed by atoms with Crippen LogP contribution in [-0.4, -0.2) is 34.0 Å². The van der Waals surface area contributed by atoms with E-state index < -0.39 is 5.97 Å². The predicted molar refractivity (Wildman–Crippen MR) is 103 cm³/mol. The molecule has 1 saturated carbocycles. The molecule has 3 atom stereocenters. The Labute approximate surface area is 156 Å². The lowest BCUT2D eigenvalue weighted by molar-refractivity contribution is -0.137. The van der Waals surface area contributed by atoms with Crippen molar-refractivity contribution in [3.8, 4) is 0 Å².